The molecule has 0 radical (unpaired) electrons. The molecule has 1 aromatic rings. The summed E-state index contributed by atoms with van der Waals surface area (Å²) in [6, 6.07) is 9.41. The fraction of sp³-hybridized carbons (Fsp3) is 0.417. The monoisotopic (exact) mass is 271 g/mol. The Morgan fingerprint density at radius 3 is 2.44 bits per heavy atom. The lowest BCUT2D eigenvalue weighted by Crippen LogP contribution is -2.26. The van der Waals surface area contributed by atoms with Gasteiger partial charge in [0.15, 0.2) is 0 Å². The van der Waals surface area contributed by atoms with Crippen LogP contribution in [0, 0.1) is 0 Å². The zero-order chi connectivity index (χ0) is 13.4. The molecule has 6 heteroatoms. The van der Waals surface area contributed by atoms with E-state index >= 15 is 0 Å². The van der Waals surface area contributed by atoms with Gasteiger partial charge in [0.05, 0.1) is 6.42 Å². The van der Waals surface area contributed by atoms with Crippen LogP contribution < -0.4 is 5.32 Å². The van der Waals surface area contributed by atoms with Gasteiger partial charge in [-0.05, 0) is 18.4 Å². The molecule has 0 heterocycles. The molecule has 0 aromatic heterocycles. The number of hydrogen-bond acceptors (Lipinski definition) is 2. The lowest BCUT2D eigenvalue weighted by molar-refractivity contribution is -0.120. The third kappa shape index (κ3) is 7.22. The zero-order valence-corrected chi connectivity index (χ0v) is 11.0. The number of unbranched alkanes of at least 4 members (excludes halogenated alkanes) is 1. The highest BCUT2D eigenvalue weighted by molar-refractivity contribution is 7.51. The molecule has 0 saturated carbocycles. The first-order valence-electron chi connectivity index (χ1n) is 5.82. The molecule has 1 aromatic carbocycles. The Hall–Kier alpha value is -1.16. The summed E-state index contributed by atoms with van der Waals surface area (Å²) in [6.45, 7) is 0.450. The van der Waals surface area contributed by atoms with Crippen molar-refractivity contribution >= 4 is 13.5 Å². The van der Waals surface area contributed by atoms with E-state index < -0.39 is 7.60 Å². The molecule has 100 valence electrons. The number of hydrogen-bond donors (Lipinski definition) is 3. The van der Waals surface area contributed by atoms with Crippen molar-refractivity contribution in [2.45, 2.75) is 19.3 Å². The molecule has 0 atom stereocenters. The molecule has 0 aliphatic rings. The zero-order valence-electron chi connectivity index (χ0n) is 10.1. The van der Waals surface area contributed by atoms with Crippen LogP contribution in [0.3, 0.4) is 0 Å². The van der Waals surface area contributed by atoms with Crippen LogP contribution in [0.25, 0.3) is 0 Å². The standard InChI is InChI=1S/C12H18NO4P/c14-12(10-11-6-2-1-3-7-11)13-8-4-5-9-18(15,16)17/h1-3,6-7H,4-5,8-10H2,(H,13,14)(H2,15,16,17). The van der Waals surface area contributed by atoms with Gasteiger partial charge in [0.2, 0.25) is 5.91 Å². The van der Waals surface area contributed by atoms with Gasteiger partial charge in [0.1, 0.15) is 0 Å². The fourth-order valence-corrected chi connectivity index (χ4v) is 2.15. The van der Waals surface area contributed by atoms with E-state index in [4.69, 9.17) is 9.79 Å². The molecular formula is C12H18NO4P. The molecule has 0 aliphatic carbocycles. The van der Waals surface area contributed by atoms with Gasteiger partial charge in [-0.15, -0.1) is 0 Å². The fourth-order valence-electron chi connectivity index (χ4n) is 1.51. The van der Waals surface area contributed by atoms with Crippen molar-refractivity contribution < 1.29 is 19.1 Å². The third-order valence-corrected chi connectivity index (χ3v) is 3.30. The van der Waals surface area contributed by atoms with Crippen molar-refractivity contribution in [2.24, 2.45) is 0 Å². The molecule has 0 aliphatic heterocycles. The van der Waals surface area contributed by atoms with Crippen LogP contribution in [0.2, 0.25) is 0 Å². The average molecular weight is 271 g/mol. The van der Waals surface area contributed by atoms with Crippen LogP contribution in [-0.2, 0) is 15.8 Å². The first-order chi connectivity index (χ1) is 8.47. The Kier molecular flexibility index (Phi) is 6.05. The minimum atomic E-state index is -3.90. The van der Waals surface area contributed by atoms with E-state index in [2.05, 4.69) is 5.32 Å². The van der Waals surface area contributed by atoms with Gasteiger partial charge in [-0.3, -0.25) is 9.36 Å². The van der Waals surface area contributed by atoms with Gasteiger partial charge in [-0.1, -0.05) is 30.3 Å². The highest BCUT2D eigenvalue weighted by atomic mass is 31.2. The second kappa shape index (κ2) is 7.31. The average Bonchev–Trinajstić information content (AvgIpc) is 2.28. The number of benzene rings is 1. The molecule has 3 N–H and O–H groups in total. The molecule has 0 unspecified atom stereocenters. The Bertz CT molecular complexity index is 415. The van der Waals surface area contributed by atoms with Crippen LogP contribution in [0.5, 0.6) is 0 Å². The maximum absolute atomic E-state index is 11.5. The van der Waals surface area contributed by atoms with Crippen molar-refractivity contribution in [1.82, 2.24) is 5.32 Å². The largest absolute Gasteiger partial charge is 0.356 e. The smallest absolute Gasteiger partial charge is 0.325 e. The summed E-state index contributed by atoms with van der Waals surface area (Å²) in [7, 11) is -3.90. The van der Waals surface area contributed by atoms with Crippen LogP contribution in [0.15, 0.2) is 30.3 Å². The molecule has 18 heavy (non-hydrogen) atoms. The van der Waals surface area contributed by atoms with Crippen molar-refractivity contribution in [3.63, 3.8) is 0 Å². The highest BCUT2D eigenvalue weighted by Gasteiger charge is 2.11. The molecule has 1 amide bonds. The molecule has 0 fully saturated rings. The predicted molar refractivity (Wildman–Crippen MR) is 69.3 cm³/mol. The number of nitrogens with one attached hydrogen (secondary N) is 1. The molecule has 5 nitrogen and oxygen atoms in total. The van der Waals surface area contributed by atoms with E-state index in [0.717, 1.165) is 5.56 Å². The van der Waals surface area contributed by atoms with E-state index in [1.807, 2.05) is 30.3 Å². The summed E-state index contributed by atoms with van der Waals surface area (Å²) in [5.74, 6) is -0.0719. The third-order valence-electron chi connectivity index (χ3n) is 2.41. The summed E-state index contributed by atoms with van der Waals surface area (Å²) in [6.07, 6.45) is 1.20. The summed E-state index contributed by atoms with van der Waals surface area (Å²) in [4.78, 5) is 28.8. The first-order valence-corrected chi connectivity index (χ1v) is 7.62. The minimum Gasteiger partial charge on any atom is -0.356 e. The normalized spacial score (nSPS) is 11.2. The van der Waals surface area contributed by atoms with E-state index in [9.17, 15) is 9.36 Å². The first kappa shape index (κ1) is 14.9. The van der Waals surface area contributed by atoms with Gasteiger partial charge in [-0.25, -0.2) is 0 Å². The van der Waals surface area contributed by atoms with Crippen LogP contribution in [0.4, 0.5) is 0 Å². The van der Waals surface area contributed by atoms with Crippen LogP contribution in [0.1, 0.15) is 18.4 Å². The van der Waals surface area contributed by atoms with Gasteiger partial charge in [0.25, 0.3) is 0 Å². The predicted octanol–water partition coefficient (Wildman–Crippen LogP) is 1.30. The molecule has 0 saturated heterocycles. The molecule has 0 spiro atoms. The number of amides is 1. The van der Waals surface area contributed by atoms with E-state index in [0.29, 0.717) is 25.8 Å². The number of carbonyl (C=O) groups excluding carboxylic acids is 1. The van der Waals surface area contributed by atoms with Crippen molar-refractivity contribution in [3.8, 4) is 0 Å². The molecular weight excluding hydrogens is 253 g/mol. The van der Waals surface area contributed by atoms with Crippen LogP contribution >= 0.6 is 7.60 Å². The highest BCUT2D eigenvalue weighted by Crippen LogP contribution is 2.35. The Morgan fingerprint density at radius 2 is 1.83 bits per heavy atom. The topological polar surface area (TPSA) is 86.6 Å². The van der Waals surface area contributed by atoms with Gasteiger partial charge in [0, 0.05) is 12.7 Å². The maximum atomic E-state index is 11.5. The van der Waals surface area contributed by atoms with Crippen molar-refractivity contribution in [3.05, 3.63) is 35.9 Å². The lowest BCUT2D eigenvalue weighted by atomic mass is 10.1. The van der Waals surface area contributed by atoms with Gasteiger partial charge in [-0.2, -0.15) is 0 Å². The Labute approximate surface area is 106 Å². The summed E-state index contributed by atoms with van der Waals surface area (Å²) < 4.78 is 10.6. The molecule has 1 rings (SSSR count). The van der Waals surface area contributed by atoms with E-state index in [-0.39, 0.29) is 12.1 Å². The summed E-state index contributed by atoms with van der Waals surface area (Å²) in [5.41, 5.74) is 0.949. The summed E-state index contributed by atoms with van der Waals surface area (Å²) >= 11 is 0. The van der Waals surface area contributed by atoms with Gasteiger partial charge < -0.3 is 15.1 Å². The maximum Gasteiger partial charge on any atom is 0.325 e. The lowest BCUT2D eigenvalue weighted by Gasteiger charge is -2.06. The second-order valence-electron chi connectivity index (χ2n) is 4.11. The van der Waals surface area contributed by atoms with E-state index in [1.54, 1.807) is 0 Å². The Morgan fingerprint density at radius 1 is 1.17 bits per heavy atom. The second-order valence-corrected chi connectivity index (χ2v) is 5.88. The van der Waals surface area contributed by atoms with E-state index in [1.165, 1.54) is 0 Å². The van der Waals surface area contributed by atoms with Crippen LogP contribution in [-0.4, -0.2) is 28.4 Å². The quantitative estimate of drug-likeness (QED) is 0.515. The SMILES string of the molecule is O=C(Cc1ccccc1)NCCCCP(=O)(O)O. The van der Waals surface area contributed by atoms with Crippen molar-refractivity contribution in [2.75, 3.05) is 12.7 Å². The number of carbonyl (C=O) groups is 1. The summed E-state index contributed by atoms with van der Waals surface area (Å²) in [5, 5.41) is 2.73. The number of rotatable bonds is 7. The van der Waals surface area contributed by atoms with Crippen molar-refractivity contribution in [1.29, 1.82) is 0 Å². The van der Waals surface area contributed by atoms with Gasteiger partial charge >= 0.3 is 7.60 Å². The minimum absolute atomic E-state index is 0.0719. The Balaban J connectivity index is 2.13. The molecule has 0 bridgehead atoms.